The zero-order chi connectivity index (χ0) is 11.7. The van der Waals surface area contributed by atoms with Crippen LogP contribution in [0, 0.1) is 12.7 Å². The number of hydrogen-bond acceptors (Lipinski definition) is 3. The van der Waals surface area contributed by atoms with Crippen molar-refractivity contribution in [1.82, 2.24) is 10.3 Å². The molecule has 0 bridgehead atoms. The minimum Gasteiger partial charge on any atom is -0.296 e. The molecule has 4 nitrogen and oxygen atoms in total. The van der Waals surface area contributed by atoms with Crippen LogP contribution in [0.3, 0.4) is 0 Å². The number of piperidine rings is 1. The summed E-state index contributed by atoms with van der Waals surface area (Å²) in [5.41, 5.74) is 0.823. The number of nitrogens with zero attached hydrogens (tertiary/aromatic N) is 1. The molecule has 1 aromatic heterocycles. The van der Waals surface area contributed by atoms with Gasteiger partial charge in [-0.15, -0.1) is 0 Å². The molecular formula is C11H11FN2O2. The molecule has 0 saturated carbocycles. The monoisotopic (exact) mass is 222 g/mol. The van der Waals surface area contributed by atoms with E-state index in [4.69, 9.17) is 0 Å². The molecule has 2 amide bonds. The summed E-state index contributed by atoms with van der Waals surface area (Å²) in [4.78, 5) is 26.4. The predicted molar refractivity (Wildman–Crippen MR) is 54.1 cm³/mol. The Bertz CT molecular complexity index is 459. The van der Waals surface area contributed by atoms with Gasteiger partial charge in [0.15, 0.2) is 0 Å². The quantitative estimate of drug-likeness (QED) is 0.722. The lowest BCUT2D eigenvalue weighted by Crippen LogP contribution is -2.40. The van der Waals surface area contributed by atoms with E-state index in [2.05, 4.69) is 10.3 Å². The molecule has 0 radical (unpaired) electrons. The van der Waals surface area contributed by atoms with Gasteiger partial charge in [0.05, 0.1) is 11.6 Å². The standard InChI is InChI=1S/C11H11FN2O2/c1-6-4-8(12)10(13-5-6)7-2-3-9(15)14-11(7)16/h4-5,7H,2-3H2,1H3,(H,14,15,16). The van der Waals surface area contributed by atoms with Crippen LogP contribution >= 0.6 is 0 Å². The average Bonchev–Trinajstić information content (AvgIpc) is 2.19. The fourth-order valence-electron chi connectivity index (χ4n) is 1.75. The van der Waals surface area contributed by atoms with Gasteiger partial charge < -0.3 is 0 Å². The topological polar surface area (TPSA) is 59.1 Å². The third kappa shape index (κ3) is 1.93. The molecule has 2 heterocycles. The first-order valence-electron chi connectivity index (χ1n) is 5.03. The van der Waals surface area contributed by atoms with Gasteiger partial charge in [-0.1, -0.05) is 0 Å². The van der Waals surface area contributed by atoms with Crippen LogP contribution in [0.25, 0.3) is 0 Å². The molecule has 1 N–H and O–H groups in total. The number of imide groups is 1. The summed E-state index contributed by atoms with van der Waals surface area (Å²) >= 11 is 0. The number of carbonyl (C=O) groups is 2. The van der Waals surface area contributed by atoms with E-state index >= 15 is 0 Å². The fourth-order valence-corrected chi connectivity index (χ4v) is 1.75. The van der Waals surface area contributed by atoms with Gasteiger partial charge in [0.25, 0.3) is 0 Å². The second kappa shape index (κ2) is 4.00. The van der Waals surface area contributed by atoms with Crippen LogP contribution in [-0.4, -0.2) is 16.8 Å². The molecular weight excluding hydrogens is 211 g/mol. The summed E-state index contributed by atoms with van der Waals surface area (Å²) in [5.74, 6) is -1.92. The summed E-state index contributed by atoms with van der Waals surface area (Å²) in [5, 5.41) is 2.19. The van der Waals surface area contributed by atoms with E-state index in [9.17, 15) is 14.0 Å². The first-order valence-corrected chi connectivity index (χ1v) is 5.03. The smallest absolute Gasteiger partial charge is 0.235 e. The SMILES string of the molecule is Cc1cnc(C2CCC(=O)NC2=O)c(F)c1. The number of nitrogens with one attached hydrogen (secondary N) is 1. The zero-order valence-corrected chi connectivity index (χ0v) is 8.79. The molecule has 1 atom stereocenters. The summed E-state index contributed by atoms with van der Waals surface area (Å²) < 4.78 is 13.6. The van der Waals surface area contributed by atoms with Crippen LogP contribution in [0.2, 0.25) is 0 Å². The number of pyridine rings is 1. The van der Waals surface area contributed by atoms with E-state index in [1.54, 1.807) is 6.92 Å². The van der Waals surface area contributed by atoms with Gasteiger partial charge in [-0.2, -0.15) is 0 Å². The van der Waals surface area contributed by atoms with Crippen LogP contribution in [0.1, 0.15) is 30.0 Å². The van der Waals surface area contributed by atoms with Crippen LogP contribution in [0.15, 0.2) is 12.3 Å². The Kier molecular flexibility index (Phi) is 2.68. The maximum atomic E-state index is 13.6. The third-order valence-electron chi connectivity index (χ3n) is 2.58. The Morgan fingerprint density at radius 1 is 1.50 bits per heavy atom. The van der Waals surface area contributed by atoms with Gasteiger partial charge in [-0.3, -0.25) is 19.9 Å². The van der Waals surface area contributed by atoms with E-state index in [0.717, 1.165) is 0 Å². The molecule has 1 aliphatic heterocycles. The molecule has 1 saturated heterocycles. The molecule has 1 fully saturated rings. The first kappa shape index (κ1) is 10.7. The highest BCUT2D eigenvalue weighted by Gasteiger charge is 2.30. The summed E-state index contributed by atoms with van der Waals surface area (Å²) in [6.45, 7) is 1.73. The molecule has 16 heavy (non-hydrogen) atoms. The van der Waals surface area contributed by atoms with Gasteiger partial charge in [-0.25, -0.2) is 4.39 Å². The maximum absolute atomic E-state index is 13.6. The highest BCUT2D eigenvalue weighted by atomic mass is 19.1. The van der Waals surface area contributed by atoms with Crippen molar-refractivity contribution in [2.75, 3.05) is 0 Å². The molecule has 1 aromatic rings. The van der Waals surface area contributed by atoms with Crippen molar-refractivity contribution in [1.29, 1.82) is 0 Å². The Morgan fingerprint density at radius 3 is 2.88 bits per heavy atom. The van der Waals surface area contributed by atoms with E-state index in [0.29, 0.717) is 12.0 Å². The van der Waals surface area contributed by atoms with E-state index in [-0.39, 0.29) is 18.0 Å². The molecule has 0 aliphatic carbocycles. The van der Waals surface area contributed by atoms with Crippen molar-refractivity contribution in [2.45, 2.75) is 25.7 Å². The Balaban J connectivity index is 2.30. The number of carbonyl (C=O) groups excluding carboxylic acids is 2. The largest absolute Gasteiger partial charge is 0.296 e. The predicted octanol–water partition coefficient (Wildman–Crippen LogP) is 1.05. The maximum Gasteiger partial charge on any atom is 0.235 e. The molecule has 0 spiro atoms. The van der Waals surface area contributed by atoms with Crippen LogP contribution in [0.5, 0.6) is 0 Å². The molecule has 0 aromatic carbocycles. The van der Waals surface area contributed by atoms with Gasteiger partial charge >= 0.3 is 0 Å². The van der Waals surface area contributed by atoms with E-state index in [1.165, 1.54) is 12.3 Å². The second-order valence-corrected chi connectivity index (χ2v) is 3.88. The minimum atomic E-state index is -0.654. The number of hydrogen-bond donors (Lipinski definition) is 1. The molecule has 1 aliphatic rings. The zero-order valence-electron chi connectivity index (χ0n) is 8.79. The Labute approximate surface area is 91.9 Å². The Hall–Kier alpha value is -1.78. The first-order chi connectivity index (χ1) is 7.58. The third-order valence-corrected chi connectivity index (χ3v) is 2.58. The van der Waals surface area contributed by atoms with Crippen LogP contribution in [0.4, 0.5) is 4.39 Å². The number of halogens is 1. The highest BCUT2D eigenvalue weighted by Crippen LogP contribution is 2.25. The van der Waals surface area contributed by atoms with E-state index in [1.807, 2.05) is 0 Å². The number of rotatable bonds is 1. The van der Waals surface area contributed by atoms with Crippen LogP contribution in [-0.2, 0) is 9.59 Å². The van der Waals surface area contributed by atoms with Crippen molar-refractivity contribution in [3.63, 3.8) is 0 Å². The second-order valence-electron chi connectivity index (χ2n) is 3.88. The normalized spacial score (nSPS) is 20.8. The lowest BCUT2D eigenvalue weighted by Gasteiger charge is -2.20. The lowest BCUT2D eigenvalue weighted by atomic mass is 9.94. The molecule has 2 rings (SSSR count). The van der Waals surface area contributed by atoms with E-state index < -0.39 is 17.6 Å². The van der Waals surface area contributed by atoms with Gasteiger partial charge in [0, 0.05) is 12.6 Å². The average molecular weight is 222 g/mol. The van der Waals surface area contributed by atoms with Crippen molar-refractivity contribution in [2.24, 2.45) is 0 Å². The lowest BCUT2D eigenvalue weighted by molar-refractivity contribution is -0.134. The van der Waals surface area contributed by atoms with Crippen molar-refractivity contribution < 1.29 is 14.0 Å². The van der Waals surface area contributed by atoms with Crippen LogP contribution < -0.4 is 5.32 Å². The van der Waals surface area contributed by atoms with Gasteiger partial charge in [0.2, 0.25) is 11.8 Å². The van der Waals surface area contributed by atoms with Gasteiger partial charge in [0.1, 0.15) is 5.82 Å². The van der Waals surface area contributed by atoms with Crippen molar-refractivity contribution >= 4 is 11.8 Å². The number of aryl methyl sites for hydroxylation is 1. The number of aromatic nitrogens is 1. The minimum absolute atomic E-state index is 0.121. The summed E-state index contributed by atoms with van der Waals surface area (Å²) in [6, 6.07) is 1.34. The molecule has 5 heteroatoms. The Morgan fingerprint density at radius 2 is 2.25 bits per heavy atom. The van der Waals surface area contributed by atoms with Crippen molar-refractivity contribution in [3.05, 3.63) is 29.3 Å². The summed E-state index contributed by atoms with van der Waals surface area (Å²) in [6.07, 6.45) is 2.06. The molecule has 84 valence electrons. The summed E-state index contributed by atoms with van der Waals surface area (Å²) in [7, 11) is 0. The number of amides is 2. The van der Waals surface area contributed by atoms with Gasteiger partial charge in [-0.05, 0) is 25.0 Å². The fraction of sp³-hybridized carbons (Fsp3) is 0.364. The highest BCUT2D eigenvalue weighted by molar-refractivity contribution is 6.00. The van der Waals surface area contributed by atoms with Crippen molar-refractivity contribution in [3.8, 4) is 0 Å². The molecule has 1 unspecified atom stereocenters.